The Morgan fingerprint density at radius 1 is 1.42 bits per heavy atom. The summed E-state index contributed by atoms with van der Waals surface area (Å²) in [5, 5.41) is 10.4. The number of aromatic nitrogens is 1. The molecule has 0 aliphatic carbocycles. The van der Waals surface area contributed by atoms with E-state index in [1.54, 1.807) is 11.3 Å². The van der Waals surface area contributed by atoms with Crippen LogP contribution in [0.15, 0.2) is 24.3 Å². The summed E-state index contributed by atoms with van der Waals surface area (Å²) >= 11 is 1.74. The fourth-order valence-electron chi connectivity index (χ4n) is 2.55. The predicted octanol–water partition coefficient (Wildman–Crippen LogP) is 1.88. The third-order valence-electron chi connectivity index (χ3n) is 3.30. The Morgan fingerprint density at radius 3 is 3.05 bits per heavy atom. The van der Waals surface area contributed by atoms with Crippen molar-refractivity contribution in [3.05, 3.63) is 29.3 Å². The number of nitrogens with zero attached hydrogens (tertiary/aromatic N) is 2. The van der Waals surface area contributed by atoms with E-state index in [9.17, 15) is 5.11 Å². The molecule has 0 saturated carbocycles. The molecule has 2 unspecified atom stereocenters. The number of rotatable bonds is 3. The van der Waals surface area contributed by atoms with Crippen LogP contribution in [0.4, 0.5) is 0 Å². The van der Waals surface area contributed by atoms with E-state index in [1.165, 1.54) is 4.70 Å². The third-order valence-corrected chi connectivity index (χ3v) is 4.32. The molecule has 2 aromatic rings. The minimum Gasteiger partial charge on any atom is -0.394 e. The molecule has 5 heteroatoms. The van der Waals surface area contributed by atoms with Gasteiger partial charge in [-0.3, -0.25) is 4.90 Å². The number of aliphatic hydroxyl groups excluding tert-OH is 1. The smallest absolute Gasteiger partial charge is 0.108 e. The highest BCUT2D eigenvalue weighted by Crippen LogP contribution is 2.23. The topological polar surface area (TPSA) is 45.6 Å². The van der Waals surface area contributed by atoms with Gasteiger partial charge in [0, 0.05) is 13.1 Å². The van der Waals surface area contributed by atoms with Crippen LogP contribution < -0.4 is 0 Å². The fourth-order valence-corrected chi connectivity index (χ4v) is 3.56. The van der Waals surface area contributed by atoms with Crippen molar-refractivity contribution in [3.63, 3.8) is 0 Å². The summed E-state index contributed by atoms with van der Waals surface area (Å²) in [4.78, 5) is 6.97. The first-order valence-corrected chi connectivity index (χ1v) is 7.39. The first-order valence-electron chi connectivity index (χ1n) is 6.57. The van der Waals surface area contributed by atoms with Crippen LogP contribution in [0.2, 0.25) is 0 Å². The second-order valence-corrected chi connectivity index (χ2v) is 6.14. The van der Waals surface area contributed by atoms with Crippen LogP contribution in [0.3, 0.4) is 0 Å². The van der Waals surface area contributed by atoms with Crippen molar-refractivity contribution in [2.24, 2.45) is 0 Å². The Balaban J connectivity index is 1.73. The highest BCUT2D eigenvalue weighted by Gasteiger charge is 2.25. The van der Waals surface area contributed by atoms with Crippen molar-refractivity contribution >= 4 is 21.6 Å². The lowest BCUT2D eigenvalue weighted by molar-refractivity contribution is -0.0972. The molecule has 0 bridgehead atoms. The molecule has 3 rings (SSSR count). The van der Waals surface area contributed by atoms with Crippen molar-refractivity contribution < 1.29 is 9.84 Å². The van der Waals surface area contributed by atoms with Crippen LogP contribution in [0.5, 0.6) is 0 Å². The maximum Gasteiger partial charge on any atom is 0.108 e. The van der Waals surface area contributed by atoms with Gasteiger partial charge in [0.15, 0.2) is 0 Å². The number of fused-ring (bicyclic) bond motifs is 1. The predicted molar refractivity (Wildman–Crippen MR) is 76.3 cm³/mol. The van der Waals surface area contributed by atoms with Gasteiger partial charge in [0.2, 0.25) is 0 Å². The zero-order chi connectivity index (χ0) is 13.2. The van der Waals surface area contributed by atoms with Crippen LogP contribution in [0.25, 0.3) is 10.2 Å². The standard InChI is InChI=1S/C14H18N2O2S/c1-10-6-16(7-11(9-17)18-10)8-14-15-12-4-2-3-5-13(12)19-14/h2-5,10-11,17H,6-9H2,1H3. The molecule has 0 radical (unpaired) electrons. The lowest BCUT2D eigenvalue weighted by atomic mass is 10.2. The number of ether oxygens (including phenoxy) is 1. The van der Waals surface area contributed by atoms with E-state index in [-0.39, 0.29) is 18.8 Å². The zero-order valence-corrected chi connectivity index (χ0v) is 11.8. The van der Waals surface area contributed by atoms with E-state index in [1.807, 2.05) is 25.1 Å². The summed E-state index contributed by atoms with van der Waals surface area (Å²) in [6.07, 6.45) is 0.0957. The molecule has 102 valence electrons. The Hall–Kier alpha value is -1.01. The van der Waals surface area contributed by atoms with E-state index in [4.69, 9.17) is 4.74 Å². The molecule has 1 aromatic carbocycles. The van der Waals surface area contributed by atoms with Crippen molar-refractivity contribution in [2.45, 2.75) is 25.7 Å². The molecule has 1 fully saturated rings. The third kappa shape index (κ3) is 2.95. The Bertz CT molecular complexity index is 524. The summed E-state index contributed by atoms with van der Waals surface area (Å²) in [7, 11) is 0. The lowest BCUT2D eigenvalue weighted by Gasteiger charge is -2.35. The van der Waals surface area contributed by atoms with E-state index in [2.05, 4.69) is 16.0 Å². The lowest BCUT2D eigenvalue weighted by Crippen LogP contribution is -2.47. The average molecular weight is 278 g/mol. The van der Waals surface area contributed by atoms with Crippen molar-refractivity contribution in [1.82, 2.24) is 9.88 Å². The first-order chi connectivity index (χ1) is 9.24. The highest BCUT2D eigenvalue weighted by atomic mass is 32.1. The molecule has 19 heavy (non-hydrogen) atoms. The normalized spacial score (nSPS) is 24.9. The van der Waals surface area contributed by atoms with Gasteiger partial charge < -0.3 is 9.84 Å². The summed E-state index contributed by atoms with van der Waals surface area (Å²) in [5.41, 5.74) is 1.07. The van der Waals surface area contributed by atoms with Crippen molar-refractivity contribution in [1.29, 1.82) is 0 Å². The minimum atomic E-state index is -0.0712. The number of morpholine rings is 1. The summed E-state index contributed by atoms with van der Waals surface area (Å²) in [5.74, 6) is 0. The maximum atomic E-state index is 9.24. The van der Waals surface area contributed by atoms with Gasteiger partial charge in [0.1, 0.15) is 5.01 Å². The Labute approximate surface area is 116 Å². The SMILES string of the molecule is CC1CN(Cc2nc3ccccc3s2)CC(CO)O1. The molecule has 0 spiro atoms. The molecule has 1 aromatic heterocycles. The van der Waals surface area contributed by atoms with Gasteiger partial charge in [-0.15, -0.1) is 11.3 Å². The second-order valence-electron chi connectivity index (χ2n) is 5.02. The van der Waals surface area contributed by atoms with E-state index < -0.39 is 0 Å². The molecular weight excluding hydrogens is 260 g/mol. The minimum absolute atomic E-state index is 0.0712. The van der Waals surface area contributed by atoms with Gasteiger partial charge in [-0.25, -0.2) is 4.98 Å². The van der Waals surface area contributed by atoms with Gasteiger partial charge in [-0.05, 0) is 19.1 Å². The number of hydrogen-bond donors (Lipinski definition) is 1. The number of hydrogen-bond acceptors (Lipinski definition) is 5. The molecule has 2 heterocycles. The molecule has 1 saturated heterocycles. The largest absolute Gasteiger partial charge is 0.394 e. The number of aliphatic hydroxyl groups is 1. The summed E-state index contributed by atoms with van der Waals surface area (Å²) < 4.78 is 6.89. The molecular formula is C14H18N2O2S. The number of para-hydroxylation sites is 1. The Morgan fingerprint density at radius 2 is 2.26 bits per heavy atom. The van der Waals surface area contributed by atoms with Crippen LogP contribution >= 0.6 is 11.3 Å². The van der Waals surface area contributed by atoms with Crippen LogP contribution in [0.1, 0.15) is 11.9 Å². The fraction of sp³-hybridized carbons (Fsp3) is 0.500. The van der Waals surface area contributed by atoms with Gasteiger partial charge in [-0.2, -0.15) is 0 Å². The van der Waals surface area contributed by atoms with E-state index in [0.29, 0.717) is 0 Å². The quantitative estimate of drug-likeness (QED) is 0.931. The molecule has 1 N–H and O–H groups in total. The van der Waals surface area contributed by atoms with Gasteiger partial charge in [0.25, 0.3) is 0 Å². The maximum absolute atomic E-state index is 9.24. The summed E-state index contributed by atoms with van der Waals surface area (Å²) in [6, 6.07) is 8.22. The van der Waals surface area contributed by atoms with Gasteiger partial charge >= 0.3 is 0 Å². The molecule has 4 nitrogen and oxygen atoms in total. The average Bonchev–Trinajstić information content (AvgIpc) is 2.80. The van der Waals surface area contributed by atoms with Crippen LogP contribution in [-0.4, -0.2) is 46.9 Å². The molecule has 1 aliphatic heterocycles. The molecule has 1 aliphatic rings. The van der Waals surface area contributed by atoms with E-state index >= 15 is 0 Å². The highest BCUT2D eigenvalue weighted by molar-refractivity contribution is 7.18. The monoisotopic (exact) mass is 278 g/mol. The van der Waals surface area contributed by atoms with Gasteiger partial charge in [0.05, 0.1) is 35.6 Å². The summed E-state index contributed by atoms with van der Waals surface area (Å²) in [6.45, 7) is 4.64. The van der Waals surface area contributed by atoms with E-state index in [0.717, 1.165) is 30.2 Å². The van der Waals surface area contributed by atoms with Crippen LogP contribution in [0, 0.1) is 0 Å². The first kappa shape index (κ1) is 13.0. The Kier molecular flexibility index (Phi) is 3.79. The van der Waals surface area contributed by atoms with Crippen LogP contribution in [-0.2, 0) is 11.3 Å². The number of thiazole rings is 1. The zero-order valence-electron chi connectivity index (χ0n) is 11.0. The van der Waals surface area contributed by atoms with Crippen molar-refractivity contribution in [2.75, 3.05) is 19.7 Å². The van der Waals surface area contributed by atoms with Gasteiger partial charge in [-0.1, -0.05) is 12.1 Å². The number of benzene rings is 1. The molecule has 2 atom stereocenters. The molecule has 0 amide bonds. The van der Waals surface area contributed by atoms with Crippen molar-refractivity contribution in [3.8, 4) is 0 Å². The second kappa shape index (κ2) is 5.54.